The van der Waals surface area contributed by atoms with Gasteiger partial charge in [-0.3, -0.25) is 0 Å². The highest BCUT2D eigenvalue weighted by Gasteiger charge is 2.14. The molecule has 0 atom stereocenters. The van der Waals surface area contributed by atoms with E-state index >= 15 is 0 Å². The van der Waals surface area contributed by atoms with E-state index in [0.717, 1.165) is 6.26 Å². The quantitative estimate of drug-likeness (QED) is 0.384. The second-order valence-electron chi connectivity index (χ2n) is 4.25. The first-order valence-electron chi connectivity index (χ1n) is 5.70. The molecular weight excluding hydrogens is 304 g/mol. The lowest BCUT2D eigenvalue weighted by Gasteiger charge is -2.11. The van der Waals surface area contributed by atoms with Gasteiger partial charge in [-0.15, -0.1) is 0 Å². The number of nitrogens with two attached hydrogens (primary N) is 2. The molecule has 1 aromatic rings. The van der Waals surface area contributed by atoms with Crippen LogP contribution in [0.2, 0.25) is 0 Å². The molecule has 0 aromatic heterocycles. The summed E-state index contributed by atoms with van der Waals surface area (Å²) < 4.78 is 46.9. The first kappa shape index (κ1) is 16.7. The van der Waals surface area contributed by atoms with E-state index in [9.17, 15) is 16.8 Å². The lowest BCUT2D eigenvalue weighted by atomic mass is 10.3. The van der Waals surface area contributed by atoms with Crippen molar-refractivity contribution in [3.63, 3.8) is 0 Å². The molecule has 1 aromatic carbocycles. The van der Waals surface area contributed by atoms with Gasteiger partial charge in [0.25, 0.3) is 0 Å². The molecule has 0 fully saturated rings. The van der Waals surface area contributed by atoms with Crippen LogP contribution in [-0.4, -0.2) is 36.2 Å². The third kappa shape index (κ3) is 5.74. The van der Waals surface area contributed by atoms with Crippen LogP contribution in [0.5, 0.6) is 0 Å². The summed E-state index contributed by atoms with van der Waals surface area (Å²) in [5.41, 5.74) is 6.15. The molecule has 114 valence electrons. The van der Waals surface area contributed by atoms with Gasteiger partial charge in [-0.05, 0) is 24.6 Å². The summed E-state index contributed by atoms with van der Waals surface area (Å²) in [5, 5.41) is 7.98. The molecule has 20 heavy (non-hydrogen) atoms. The van der Waals surface area contributed by atoms with E-state index < -0.39 is 20.0 Å². The van der Waals surface area contributed by atoms with Gasteiger partial charge in [-0.1, -0.05) is 0 Å². The van der Waals surface area contributed by atoms with Crippen molar-refractivity contribution >= 4 is 31.4 Å². The number of benzene rings is 1. The number of hydrogen-bond acceptors (Lipinski definition) is 6. The van der Waals surface area contributed by atoms with Crippen LogP contribution in [0.3, 0.4) is 0 Å². The molecule has 0 aliphatic rings. The third-order valence-electron chi connectivity index (χ3n) is 2.35. The molecule has 6 N–H and O–H groups in total. The molecule has 0 amide bonds. The van der Waals surface area contributed by atoms with E-state index in [2.05, 4.69) is 10.0 Å². The Balaban J connectivity index is 2.65. The summed E-state index contributed by atoms with van der Waals surface area (Å²) in [6.07, 6.45) is 1.56. The van der Waals surface area contributed by atoms with Gasteiger partial charge in [0.1, 0.15) is 4.90 Å². The van der Waals surface area contributed by atoms with Crippen molar-refractivity contribution in [2.75, 3.05) is 30.4 Å². The minimum absolute atomic E-state index is 0.0893. The zero-order valence-electron chi connectivity index (χ0n) is 11.0. The number of primary sulfonamides is 1. The molecule has 0 aliphatic heterocycles. The van der Waals surface area contributed by atoms with Crippen LogP contribution in [0, 0.1) is 0 Å². The van der Waals surface area contributed by atoms with Crippen molar-refractivity contribution in [2.24, 2.45) is 5.14 Å². The second-order valence-corrected chi connectivity index (χ2v) is 7.61. The zero-order chi connectivity index (χ0) is 15.4. The Hall–Kier alpha value is -1.36. The van der Waals surface area contributed by atoms with E-state index in [0.29, 0.717) is 24.3 Å². The first-order chi connectivity index (χ1) is 9.09. The van der Waals surface area contributed by atoms with Gasteiger partial charge in [-0.25, -0.2) is 26.7 Å². The Morgan fingerprint density at radius 3 is 2.35 bits per heavy atom. The van der Waals surface area contributed by atoms with Crippen LogP contribution in [0.25, 0.3) is 0 Å². The number of sulfonamides is 2. The fourth-order valence-electron chi connectivity index (χ4n) is 1.49. The molecule has 0 unspecified atom stereocenters. The molecule has 0 aliphatic carbocycles. The maximum absolute atomic E-state index is 11.4. The van der Waals surface area contributed by atoms with Crippen LogP contribution in [-0.2, 0) is 20.0 Å². The predicted octanol–water partition coefficient (Wildman–Crippen LogP) is -0.733. The summed E-state index contributed by atoms with van der Waals surface area (Å²) in [6.45, 7) is 0.639. The summed E-state index contributed by atoms with van der Waals surface area (Å²) >= 11 is 0. The predicted molar refractivity (Wildman–Crippen MR) is 78.2 cm³/mol. The van der Waals surface area contributed by atoms with Crippen molar-refractivity contribution in [3.05, 3.63) is 18.2 Å². The summed E-state index contributed by atoms with van der Waals surface area (Å²) in [6, 6.07) is 4.33. The van der Waals surface area contributed by atoms with E-state index in [1.54, 1.807) is 6.07 Å². The van der Waals surface area contributed by atoms with Crippen LogP contribution in [0.1, 0.15) is 6.42 Å². The number of nitrogen functional groups attached to an aromatic ring is 1. The minimum atomic E-state index is -3.88. The van der Waals surface area contributed by atoms with Crippen molar-refractivity contribution in [2.45, 2.75) is 11.3 Å². The molecule has 0 saturated carbocycles. The van der Waals surface area contributed by atoms with Crippen molar-refractivity contribution in [1.29, 1.82) is 0 Å². The van der Waals surface area contributed by atoms with Crippen molar-refractivity contribution < 1.29 is 16.8 Å². The van der Waals surface area contributed by atoms with Gasteiger partial charge in [0.05, 0.1) is 11.9 Å². The fraction of sp³-hybridized carbons (Fsp3) is 0.400. The number of anilines is 2. The van der Waals surface area contributed by atoms with Crippen LogP contribution in [0.15, 0.2) is 23.1 Å². The fourth-order valence-corrected chi connectivity index (χ4v) is 2.75. The van der Waals surface area contributed by atoms with E-state index in [4.69, 9.17) is 10.9 Å². The Labute approximate surface area is 118 Å². The van der Waals surface area contributed by atoms with E-state index in [1.807, 2.05) is 0 Å². The molecule has 1 rings (SSSR count). The van der Waals surface area contributed by atoms with Crippen molar-refractivity contribution in [3.8, 4) is 0 Å². The molecule has 0 saturated heterocycles. The Bertz CT molecular complexity index is 670. The monoisotopic (exact) mass is 322 g/mol. The van der Waals surface area contributed by atoms with Gasteiger partial charge < -0.3 is 11.1 Å². The summed E-state index contributed by atoms with van der Waals surface area (Å²) in [5.74, 6) is 0. The molecule has 8 nitrogen and oxygen atoms in total. The third-order valence-corrected chi connectivity index (χ3v) is 4.02. The topological polar surface area (TPSA) is 144 Å². The molecule has 0 radical (unpaired) electrons. The van der Waals surface area contributed by atoms with Crippen molar-refractivity contribution in [1.82, 2.24) is 4.72 Å². The summed E-state index contributed by atoms with van der Waals surface area (Å²) in [4.78, 5) is -0.0893. The van der Waals surface area contributed by atoms with Gasteiger partial charge >= 0.3 is 0 Å². The van der Waals surface area contributed by atoms with Gasteiger partial charge in [0.15, 0.2) is 0 Å². The van der Waals surface area contributed by atoms with Gasteiger partial charge in [0, 0.05) is 18.8 Å². The van der Waals surface area contributed by atoms with Crippen LogP contribution >= 0.6 is 0 Å². The first-order valence-corrected chi connectivity index (χ1v) is 9.14. The maximum atomic E-state index is 11.4. The molecular formula is C10H18N4O4S2. The highest BCUT2D eigenvalue weighted by atomic mass is 32.2. The number of hydrogen-bond donors (Lipinski definition) is 4. The average Bonchev–Trinajstić information content (AvgIpc) is 2.27. The largest absolute Gasteiger partial charge is 0.399 e. The minimum Gasteiger partial charge on any atom is -0.399 e. The molecule has 0 heterocycles. The second kappa shape index (κ2) is 6.39. The molecule has 10 heteroatoms. The molecule has 0 bridgehead atoms. The van der Waals surface area contributed by atoms with E-state index in [-0.39, 0.29) is 11.4 Å². The SMILES string of the molecule is CS(=O)(=O)NCCCNc1ccc(N)cc1S(N)(=O)=O. The highest BCUT2D eigenvalue weighted by Crippen LogP contribution is 2.22. The Kier molecular flexibility index (Phi) is 5.34. The Morgan fingerprint density at radius 1 is 1.15 bits per heavy atom. The van der Waals surface area contributed by atoms with E-state index in [1.165, 1.54) is 12.1 Å². The normalized spacial score (nSPS) is 12.3. The smallest absolute Gasteiger partial charge is 0.240 e. The van der Waals surface area contributed by atoms with Crippen LogP contribution < -0.4 is 20.9 Å². The number of nitrogens with one attached hydrogen (secondary N) is 2. The molecule has 0 spiro atoms. The lowest BCUT2D eigenvalue weighted by molar-refractivity contribution is 0.586. The average molecular weight is 322 g/mol. The Morgan fingerprint density at radius 2 is 1.80 bits per heavy atom. The zero-order valence-corrected chi connectivity index (χ0v) is 12.6. The van der Waals surface area contributed by atoms with Gasteiger partial charge in [0.2, 0.25) is 20.0 Å². The lowest BCUT2D eigenvalue weighted by Crippen LogP contribution is -2.24. The maximum Gasteiger partial charge on any atom is 0.240 e. The summed E-state index contributed by atoms with van der Waals surface area (Å²) in [7, 11) is -7.09. The van der Waals surface area contributed by atoms with Gasteiger partial charge in [-0.2, -0.15) is 0 Å². The van der Waals surface area contributed by atoms with Crippen LogP contribution in [0.4, 0.5) is 11.4 Å². The number of rotatable bonds is 7. The standard InChI is InChI=1S/C10H18N4O4S2/c1-19(15,16)14-6-2-5-13-9-4-3-8(11)7-10(9)20(12,17)18/h3-4,7,13-14H,2,5-6,11H2,1H3,(H2,12,17,18). The highest BCUT2D eigenvalue weighted by molar-refractivity contribution is 7.89.